The summed E-state index contributed by atoms with van der Waals surface area (Å²) in [6, 6.07) is 4.32. The van der Waals surface area contributed by atoms with Crippen LogP contribution in [-0.4, -0.2) is 11.9 Å². The fourth-order valence-electron chi connectivity index (χ4n) is 5.69. The second-order valence-electron chi connectivity index (χ2n) is 7.89. The Kier molecular flexibility index (Phi) is 3.18. The Balaban J connectivity index is 1.50. The van der Waals surface area contributed by atoms with Gasteiger partial charge in [0.15, 0.2) is 0 Å². The highest BCUT2D eigenvalue weighted by Gasteiger charge is 2.53. The lowest BCUT2D eigenvalue weighted by Gasteiger charge is -2.59. The van der Waals surface area contributed by atoms with E-state index in [-0.39, 0.29) is 5.91 Å². The molecule has 0 aliphatic heterocycles. The third kappa shape index (κ3) is 2.34. The number of amides is 1. The van der Waals surface area contributed by atoms with E-state index in [1.54, 1.807) is 11.3 Å². The molecule has 4 saturated carbocycles. The maximum Gasteiger partial charge on any atom is 0.261 e. The highest BCUT2D eigenvalue weighted by Crippen LogP contribution is 2.61. The van der Waals surface area contributed by atoms with Crippen molar-refractivity contribution in [3.05, 3.63) is 21.9 Å². The molecule has 1 aromatic heterocycles. The van der Waals surface area contributed by atoms with Crippen molar-refractivity contribution in [2.75, 3.05) is 0 Å². The van der Waals surface area contributed by atoms with Gasteiger partial charge in [0.25, 0.3) is 5.91 Å². The van der Waals surface area contributed by atoms with Gasteiger partial charge in [-0.25, -0.2) is 0 Å². The fourth-order valence-corrected chi connectivity index (χ4v) is 6.46. The fraction of sp³-hybridized carbons (Fsp3) is 0.722. The summed E-state index contributed by atoms with van der Waals surface area (Å²) in [5, 5.41) is 3.34. The van der Waals surface area contributed by atoms with Gasteiger partial charge in [0.05, 0.1) is 4.88 Å². The van der Waals surface area contributed by atoms with Gasteiger partial charge in [0, 0.05) is 10.9 Å². The first-order chi connectivity index (χ1) is 10.0. The van der Waals surface area contributed by atoms with E-state index in [1.165, 1.54) is 43.4 Å². The summed E-state index contributed by atoms with van der Waals surface area (Å²) < 4.78 is 0. The van der Waals surface area contributed by atoms with Crippen molar-refractivity contribution < 1.29 is 4.79 Å². The van der Waals surface area contributed by atoms with Gasteiger partial charge in [-0.05, 0) is 87.7 Å². The molecule has 3 heteroatoms. The monoisotopic (exact) mass is 303 g/mol. The molecule has 114 valence electrons. The minimum absolute atomic E-state index is 0.136. The molecule has 5 rings (SSSR count). The Morgan fingerprint density at radius 3 is 2.24 bits per heavy atom. The van der Waals surface area contributed by atoms with Crippen LogP contribution in [0.3, 0.4) is 0 Å². The van der Waals surface area contributed by atoms with Crippen LogP contribution in [0.1, 0.15) is 60.0 Å². The smallest absolute Gasteiger partial charge is 0.261 e. The van der Waals surface area contributed by atoms with Crippen molar-refractivity contribution in [3.8, 4) is 0 Å². The van der Waals surface area contributed by atoms with Crippen LogP contribution in [0.4, 0.5) is 0 Å². The first-order valence-corrected chi connectivity index (χ1v) is 9.23. The number of carbonyl (C=O) groups is 1. The summed E-state index contributed by atoms with van der Waals surface area (Å²) in [7, 11) is 0. The van der Waals surface area contributed by atoms with E-state index in [4.69, 9.17) is 0 Å². The summed E-state index contributed by atoms with van der Waals surface area (Å²) in [5.74, 6) is 2.97. The zero-order chi connectivity index (χ0) is 14.6. The zero-order valence-electron chi connectivity index (χ0n) is 13.0. The number of thiophene rings is 1. The molecule has 1 amide bonds. The van der Waals surface area contributed by atoms with Crippen LogP contribution in [0.15, 0.2) is 12.1 Å². The normalized spacial score (nSPS) is 38.5. The summed E-state index contributed by atoms with van der Waals surface area (Å²) in [5.41, 5.74) is 0.400. The Morgan fingerprint density at radius 1 is 1.19 bits per heavy atom. The van der Waals surface area contributed by atoms with Gasteiger partial charge in [0.2, 0.25) is 0 Å². The Morgan fingerprint density at radius 2 is 1.76 bits per heavy atom. The Hall–Kier alpha value is -0.830. The van der Waals surface area contributed by atoms with E-state index >= 15 is 0 Å². The van der Waals surface area contributed by atoms with Crippen LogP contribution in [0.2, 0.25) is 0 Å². The summed E-state index contributed by atoms with van der Waals surface area (Å²) >= 11 is 1.60. The van der Waals surface area contributed by atoms with Gasteiger partial charge in [-0.3, -0.25) is 4.79 Å². The second kappa shape index (κ2) is 4.84. The van der Waals surface area contributed by atoms with Crippen molar-refractivity contribution in [2.45, 2.75) is 58.4 Å². The second-order valence-corrected chi connectivity index (χ2v) is 9.17. The third-order valence-electron chi connectivity index (χ3n) is 6.32. The molecule has 1 atom stereocenters. The van der Waals surface area contributed by atoms with Gasteiger partial charge in [-0.1, -0.05) is 0 Å². The molecule has 4 bridgehead atoms. The van der Waals surface area contributed by atoms with Gasteiger partial charge in [0.1, 0.15) is 0 Å². The molecule has 0 radical (unpaired) electrons. The molecule has 0 unspecified atom stereocenters. The van der Waals surface area contributed by atoms with Crippen molar-refractivity contribution >= 4 is 17.2 Å². The average molecular weight is 303 g/mol. The lowest BCUT2D eigenvalue weighted by atomic mass is 9.48. The lowest BCUT2D eigenvalue weighted by Crippen LogP contribution is -2.55. The third-order valence-corrected chi connectivity index (χ3v) is 7.32. The number of carbonyl (C=O) groups excluding carboxylic acids is 1. The van der Waals surface area contributed by atoms with Gasteiger partial charge in [-0.2, -0.15) is 0 Å². The lowest BCUT2D eigenvalue weighted by molar-refractivity contribution is -0.0687. The Labute approximate surface area is 131 Å². The number of aryl methyl sites for hydroxylation is 1. The van der Waals surface area contributed by atoms with Crippen molar-refractivity contribution in [2.24, 2.45) is 23.2 Å². The van der Waals surface area contributed by atoms with E-state index in [0.29, 0.717) is 11.5 Å². The molecular weight excluding hydrogens is 278 g/mol. The van der Waals surface area contributed by atoms with Gasteiger partial charge >= 0.3 is 0 Å². The highest BCUT2D eigenvalue weighted by atomic mass is 32.1. The molecule has 4 fully saturated rings. The minimum atomic E-state index is 0.136. The van der Waals surface area contributed by atoms with Crippen LogP contribution in [0.5, 0.6) is 0 Å². The maximum atomic E-state index is 12.5. The summed E-state index contributed by atoms with van der Waals surface area (Å²) in [4.78, 5) is 14.5. The van der Waals surface area contributed by atoms with Crippen LogP contribution in [0, 0.1) is 30.1 Å². The highest BCUT2D eigenvalue weighted by molar-refractivity contribution is 7.13. The molecule has 0 spiro atoms. The molecule has 0 saturated heterocycles. The summed E-state index contributed by atoms with van der Waals surface area (Å²) in [6.45, 7) is 4.31. The number of hydrogen-bond donors (Lipinski definition) is 1. The largest absolute Gasteiger partial charge is 0.348 e. The molecule has 4 aliphatic carbocycles. The first kappa shape index (κ1) is 13.8. The predicted octanol–water partition coefficient (Wildman–Crippen LogP) is 4.39. The first-order valence-electron chi connectivity index (χ1n) is 8.41. The van der Waals surface area contributed by atoms with Crippen molar-refractivity contribution in [3.63, 3.8) is 0 Å². The van der Waals surface area contributed by atoms with Crippen LogP contribution < -0.4 is 5.32 Å². The van der Waals surface area contributed by atoms with Crippen molar-refractivity contribution in [1.82, 2.24) is 5.32 Å². The predicted molar refractivity (Wildman–Crippen MR) is 86.6 cm³/mol. The molecule has 2 nitrogen and oxygen atoms in total. The molecule has 1 N–H and O–H groups in total. The van der Waals surface area contributed by atoms with Gasteiger partial charge in [-0.15, -0.1) is 11.3 Å². The SMILES string of the molecule is Cc1ccc(C(=O)N[C@@H](C)C23CC4CC(CC(C4)C2)C3)s1. The van der Waals surface area contributed by atoms with Crippen LogP contribution >= 0.6 is 11.3 Å². The minimum Gasteiger partial charge on any atom is -0.348 e. The molecule has 0 aromatic carbocycles. The molecule has 21 heavy (non-hydrogen) atoms. The summed E-state index contributed by atoms with van der Waals surface area (Å²) in [6.07, 6.45) is 8.44. The van der Waals surface area contributed by atoms with E-state index in [0.717, 1.165) is 22.6 Å². The van der Waals surface area contributed by atoms with E-state index in [9.17, 15) is 4.79 Å². The van der Waals surface area contributed by atoms with Gasteiger partial charge < -0.3 is 5.32 Å². The quantitative estimate of drug-likeness (QED) is 0.881. The number of rotatable bonds is 3. The molecule has 4 aliphatic rings. The standard InChI is InChI=1S/C18H25NOS/c1-11-3-4-16(21-11)17(20)19-12(2)18-8-13-5-14(9-18)7-15(6-13)10-18/h3-4,12-15H,5-10H2,1-2H3,(H,19,20)/t12-,13?,14?,15?,18?/m0/s1. The topological polar surface area (TPSA) is 29.1 Å². The molecular formula is C18H25NOS. The number of hydrogen-bond acceptors (Lipinski definition) is 2. The van der Waals surface area contributed by atoms with E-state index in [2.05, 4.69) is 19.2 Å². The number of nitrogens with one attached hydrogen (secondary N) is 1. The molecule has 1 aromatic rings. The Bertz CT molecular complexity index is 526. The zero-order valence-corrected chi connectivity index (χ0v) is 13.8. The van der Waals surface area contributed by atoms with E-state index < -0.39 is 0 Å². The average Bonchev–Trinajstić information content (AvgIpc) is 2.84. The van der Waals surface area contributed by atoms with Crippen molar-refractivity contribution in [1.29, 1.82) is 0 Å². The maximum absolute atomic E-state index is 12.5. The van der Waals surface area contributed by atoms with Crippen LogP contribution in [-0.2, 0) is 0 Å². The van der Waals surface area contributed by atoms with E-state index in [1.807, 2.05) is 12.1 Å². The van der Waals surface area contributed by atoms with Crippen LogP contribution in [0.25, 0.3) is 0 Å². The molecule has 1 heterocycles.